The van der Waals surface area contributed by atoms with Crippen molar-refractivity contribution in [1.29, 1.82) is 0 Å². The monoisotopic (exact) mass is 312 g/mol. The van der Waals surface area contributed by atoms with Crippen LogP contribution >= 0.6 is 0 Å². The normalized spacial score (nSPS) is 11.5. The number of allylic oxidation sites excluding steroid dienone is 1. The fourth-order valence-electron chi connectivity index (χ4n) is 1.78. The SMILES string of the molecule is COc1ccc(N=N/C(=C/O)C(=O)c2ccc(OC)cc2)cc1. The Morgan fingerprint density at radius 1 is 0.957 bits per heavy atom. The van der Waals surface area contributed by atoms with E-state index in [-0.39, 0.29) is 5.70 Å². The Balaban J connectivity index is 2.14. The van der Waals surface area contributed by atoms with E-state index in [1.54, 1.807) is 62.8 Å². The molecule has 0 aliphatic rings. The van der Waals surface area contributed by atoms with Crippen molar-refractivity contribution in [3.8, 4) is 11.5 Å². The topological polar surface area (TPSA) is 80.5 Å². The number of aliphatic hydroxyl groups is 1. The van der Waals surface area contributed by atoms with Gasteiger partial charge in [0, 0.05) is 5.56 Å². The van der Waals surface area contributed by atoms with Crippen LogP contribution in [0.5, 0.6) is 11.5 Å². The number of azo groups is 1. The Bertz CT molecular complexity index is 719. The molecule has 0 fully saturated rings. The van der Waals surface area contributed by atoms with Crippen molar-refractivity contribution >= 4 is 11.5 Å². The molecule has 0 heterocycles. The molecule has 0 atom stereocenters. The Labute approximate surface area is 133 Å². The highest BCUT2D eigenvalue weighted by Gasteiger charge is 2.12. The number of ketones is 1. The van der Waals surface area contributed by atoms with Gasteiger partial charge in [0.15, 0.2) is 5.70 Å². The van der Waals surface area contributed by atoms with Gasteiger partial charge in [-0.25, -0.2) is 0 Å². The fraction of sp³-hybridized carbons (Fsp3) is 0.118. The summed E-state index contributed by atoms with van der Waals surface area (Å²) in [5.41, 5.74) is 0.749. The van der Waals surface area contributed by atoms with Crippen LogP contribution in [-0.4, -0.2) is 25.1 Å². The van der Waals surface area contributed by atoms with Gasteiger partial charge in [-0.1, -0.05) is 0 Å². The first-order chi connectivity index (χ1) is 11.2. The van der Waals surface area contributed by atoms with E-state index in [0.717, 1.165) is 0 Å². The van der Waals surface area contributed by atoms with E-state index in [9.17, 15) is 9.90 Å². The molecule has 0 radical (unpaired) electrons. The highest BCUT2D eigenvalue weighted by molar-refractivity contribution is 6.08. The summed E-state index contributed by atoms with van der Waals surface area (Å²) in [6.45, 7) is 0. The Morgan fingerprint density at radius 2 is 1.48 bits per heavy atom. The second-order valence-corrected chi connectivity index (χ2v) is 4.47. The maximum atomic E-state index is 12.3. The number of carbonyl (C=O) groups excluding carboxylic acids is 1. The summed E-state index contributed by atoms with van der Waals surface area (Å²) in [7, 11) is 3.11. The van der Waals surface area contributed by atoms with Gasteiger partial charge in [-0.05, 0) is 48.5 Å². The van der Waals surface area contributed by atoms with Gasteiger partial charge in [0.2, 0.25) is 5.78 Å². The molecule has 0 spiro atoms. The third kappa shape index (κ3) is 4.16. The highest BCUT2D eigenvalue weighted by Crippen LogP contribution is 2.20. The molecular formula is C17H16N2O4. The molecule has 23 heavy (non-hydrogen) atoms. The van der Waals surface area contributed by atoms with E-state index in [1.165, 1.54) is 0 Å². The number of ether oxygens (including phenoxy) is 2. The van der Waals surface area contributed by atoms with E-state index in [0.29, 0.717) is 29.0 Å². The molecule has 0 aliphatic heterocycles. The average molecular weight is 312 g/mol. The lowest BCUT2D eigenvalue weighted by Crippen LogP contribution is -2.01. The van der Waals surface area contributed by atoms with Crippen molar-refractivity contribution in [3.05, 3.63) is 66.1 Å². The van der Waals surface area contributed by atoms with Gasteiger partial charge in [-0.15, -0.1) is 5.11 Å². The molecule has 0 amide bonds. The van der Waals surface area contributed by atoms with Crippen molar-refractivity contribution in [2.24, 2.45) is 10.2 Å². The first-order valence-corrected chi connectivity index (χ1v) is 6.77. The number of methoxy groups -OCH3 is 2. The predicted molar refractivity (Wildman–Crippen MR) is 85.5 cm³/mol. The van der Waals surface area contributed by atoms with Crippen LogP contribution < -0.4 is 9.47 Å². The number of Topliss-reactive ketones (excluding diaryl/α,β-unsaturated/α-hetero) is 1. The fourth-order valence-corrected chi connectivity index (χ4v) is 1.78. The number of hydrogen-bond donors (Lipinski definition) is 1. The molecule has 2 aromatic carbocycles. The molecule has 2 rings (SSSR count). The van der Waals surface area contributed by atoms with Crippen LogP contribution in [0.4, 0.5) is 5.69 Å². The van der Waals surface area contributed by atoms with E-state index < -0.39 is 5.78 Å². The van der Waals surface area contributed by atoms with Crippen molar-refractivity contribution in [2.75, 3.05) is 14.2 Å². The molecule has 0 aromatic heterocycles. The zero-order valence-electron chi connectivity index (χ0n) is 12.8. The molecule has 0 saturated carbocycles. The minimum atomic E-state index is -0.438. The van der Waals surface area contributed by atoms with Crippen LogP contribution in [0.3, 0.4) is 0 Å². The van der Waals surface area contributed by atoms with E-state index in [2.05, 4.69) is 10.2 Å². The summed E-state index contributed by atoms with van der Waals surface area (Å²) in [5.74, 6) is 0.888. The maximum Gasteiger partial charge on any atom is 0.216 e. The average Bonchev–Trinajstić information content (AvgIpc) is 2.62. The molecule has 2 aromatic rings. The summed E-state index contributed by atoms with van der Waals surface area (Å²) >= 11 is 0. The Hall–Kier alpha value is -3.15. The van der Waals surface area contributed by atoms with Gasteiger partial charge in [0.25, 0.3) is 0 Å². The third-order valence-corrected chi connectivity index (χ3v) is 3.05. The lowest BCUT2D eigenvalue weighted by molar-refractivity contribution is 0.102. The minimum Gasteiger partial charge on any atom is -0.513 e. The smallest absolute Gasteiger partial charge is 0.216 e. The van der Waals surface area contributed by atoms with Gasteiger partial charge >= 0.3 is 0 Å². The second-order valence-electron chi connectivity index (χ2n) is 4.47. The zero-order valence-corrected chi connectivity index (χ0v) is 12.8. The largest absolute Gasteiger partial charge is 0.513 e. The van der Waals surface area contributed by atoms with E-state index in [1.807, 2.05) is 0 Å². The molecule has 6 heteroatoms. The number of rotatable bonds is 6. The molecule has 0 unspecified atom stereocenters. The van der Waals surface area contributed by atoms with Gasteiger partial charge < -0.3 is 14.6 Å². The van der Waals surface area contributed by atoms with E-state index in [4.69, 9.17) is 9.47 Å². The summed E-state index contributed by atoms with van der Waals surface area (Å²) in [6, 6.07) is 13.3. The number of nitrogens with zero attached hydrogens (tertiary/aromatic N) is 2. The van der Waals surface area contributed by atoms with Crippen molar-refractivity contribution in [3.63, 3.8) is 0 Å². The van der Waals surface area contributed by atoms with Crippen molar-refractivity contribution in [1.82, 2.24) is 0 Å². The number of hydrogen-bond acceptors (Lipinski definition) is 6. The van der Waals surface area contributed by atoms with Gasteiger partial charge in [0.05, 0.1) is 19.9 Å². The summed E-state index contributed by atoms with van der Waals surface area (Å²) in [6.07, 6.45) is 0.638. The lowest BCUT2D eigenvalue weighted by Gasteiger charge is -2.02. The standard InChI is InChI=1S/C17H16N2O4/c1-22-14-7-3-12(4-8-14)17(21)16(11-20)19-18-13-5-9-15(23-2)10-6-13/h3-11,20H,1-2H3/b16-11+,19-18?. The van der Waals surface area contributed by atoms with Crippen molar-refractivity contribution < 1.29 is 19.4 Å². The molecular weight excluding hydrogens is 296 g/mol. The van der Waals surface area contributed by atoms with Gasteiger partial charge in [-0.3, -0.25) is 4.79 Å². The number of benzene rings is 2. The molecule has 0 saturated heterocycles. The molecule has 6 nitrogen and oxygen atoms in total. The Morgan fingerprint density at radius 3 is 1.96 bits per heavy atom. The first kappa shape index (κ1) is 16.2. The maximum absolute atomic E-state index is 12.3. The lowest BCUT2D eigenvalue weighted by atomic mass is 10.1. The summed E-state index contributed by atoms with van der Waals surface area (Å²) < 4.78 is 10.1. The van der Waals surface area contributed by atoms with Crippen LogP contribution in [0.15, 0.2) is 70.7 Å². The van der Waals surface area contributed by atoms with Crippen LogP contribution in [0.1, 0.15) is 10.4 Å². The van der Waals surface area contributed by atoms with Crippen LogP contribution in [0.2, 0.25) is 0 Å². The van der Waals surface area contributed by atoms with Crippen LogP contribution in [0.25, 0.3) is 0 Å². The molecule has 1 N–H and O–H groups in total. The first-order valence-electron chi connectivity index (χ1n) is 6.77. The third-order valence-electron chi connectivity index (χ3n) is 3.05. The number of carbonyl (C=O) groups is 1. The zero-order chi connectivity index (χ0) is 16.7. The predicted octanol–water partition coefficient (Wildman–Crippen LogP) is 4.07. The summed E-state index contributed by atoms with van der Waals surface area (Å²) in [4.78, 5) is 12.3. The second kappa shape index (κ2) is 7.74. The Kier molecular flexibility index (Phi) is 5.46. The van der Waals surface area contributed by atoms with Crippen LogP contribution in [0, 0.1) is 0 Å². The molecule has 0 aliphatic carbocycles. The number of aliphatic hydroxyl groups excluding tert-OH is 1. The van der Waals surface area contributed by atoms with Crippen LogP contribution in [-0.2, 0) is 0 Å². The molecule has 118 valence electrons. The minimum absolute atomic E-state index is 0.161. The van der Waals surface area contributed by atoms with Gasteiger partial charge in [-0.2, -0.15) is 5.11 Å². The van der Waals surface area contributed by atoms with Crippen molar-refractivity contribution in [2.45, 2.75) is 0 Å². The van der Waals surface area contributed by atoms with Gasteiger partial charge in [0.1, 0.15) is 17.8 Å². The molecule has 0 bridgehead atoms. The van der Waals surface area contributed by atoms with E-state index >= 15 is 0 Å². The quantitative estimate of drug-likeness (QED) is 0.377. The highest BCUT2D eigenvalue weighted by atomic mass is 16.5. The summed E-state index contributed by atoms with van der Waals surface area (Å²) in [5, 5.41) is 17.0.